The highest BCUT2D eigenvalue weighted by Gasteiger charge is 2.43. The number of β-lactam (4-membered cyclic amide) rings is 2. The number of ether oxygens (including phenoxy) is 4. The quantitative estimate of drug-likeness (QED) is 0.328. The minimum Gasteiger partial charge on any atom is -0.497 e. The molecule has 0 bridgehead atoms. The third-order valence-corrected chi connectivity index (χ3v) is 9.35. The average molecular weight is 631 g/mol. The number of fused-ring (bicyclic) bond motifs is 2. The Balaban J connectivity index is 1.15. The Morgan fingerprint density at radius 3 is 1.30 bits per heavy atom. The van der Waals surface area contributed by atoms with Crippen LogP contribution in [-0.2, 0) is 19.1 Å². The van der Waals surface area contributed by atoms with Gasteiger partial charge in [0.25, 0.3) is 11.8 Å². The monoisotopic (exact) mass is 630 g/mol. The molecule has 2 aromatic rings. The van der Waals surface area contributed by atoms with E-state index in [1.165, 1.54) is 0 Å². The van der Waals surface area contributed by atoms with Crippen LogP contribution in [0.3, 0.4) is 0 Å². The molecule has 0 N–H and O–H groups in total. The molecule has 248 valence electrons. The van der Waals surface area contributed by atoms with Crippen molar-refractivity contribution in [3.05, 3.63) is 71.8 Å². The number of hydrogen-bond donors (Lipinski definition) is 0. The van der Waals surface area contributed by atoms with Crippen molar-refractivity contribution < 1.29 is 28.5 Å². The van der Waals surface area contributed by atoms with Gasteiger partial charge in [0.05, 0.1) is 39.5 Å². The largest absolute Gasteiger partial charge is 0.497 e. The molecule has 2 amide bonds. The van der Waals surface area contributed by atoms with Gasteiger partial charge in [0, 0.05) is 35.7 Å². The molecule has 2 fully saturated rings. The van der Waals surface area contributed by atoms with Crippen molar-refractivity contribution in [1.82, 2.24) is 0 Å². The zero-order chi connectivity index (χ0) is 32.1. The number of carbonyl (C=O) groups is 2. The van der Waals surface area contributed by atoms with Crippen molar-refractivity contribution in [2.45, 2.75) is 89.1 Å². The van der Waals surface area contributed by atoms with E-state index in [9.17, 15) is 9.59 Å². The summed E-state index contributed by atoms with van der Waals surface area (Å²) in [6.45, 7) is 2.33. The number of methoxy groups -OCH3 is 2. The summed E-state index contributed by atoms with van der Waals surface area (Å²) in [5, 5.41) is 0. The first-order chi connectivity index (χ1) is 22.6. The van der Waals surface area contributed by atoms with E-state index in [2.05, 4.69) is 0 Å². The molecule has 0 radical (unpaired) electrons. The number of anilines is 2. The second-order valence-electron chi connectivity index (χ2n) is 12.4. The molecule has 46 heavy (non-hydrogen) atoms. The molecule has 5 rings (SSSR count). The molecule has 0 saturated carbocycles. The molecule has 2 saturated heterocycles. The van der Waals surface area contributed by atoms with E-state index in [4.69, 9.17) is 18.9 Å². The summed E-state index contributed by atoms with van der Waals surface area (Å²) in [5.74, 6) is 1.72. The highest BCUT2D eigenvalue weighted by Crippen LogP contribution is 2.37. The van der Waals surface area contributed by atoms with Gasteiger partial charge >= 0.3 is 0 Å². The summed E-state index contributed by atoms with van der Waals surface area (Å²) in [7, 11) is 3.30. The lowest BCUT2D eigenvalue weighted by atomic mass is 9.88. The molecule has 0 spiro atoms. The van der Waals surface area contributed by atoms with Gasteiger partial charge in [0.15, 0.2) is 0 Å². The molecule has 3 aliphatic rings. The van der Waals surface area contributed by atoms with Crippen molar-refractivity contribution in [3.8, 4) is 11.5 Å². The fourth-order valence-corrected chi connectivity index (χ4v) is 6.70. The standard InChI is InChI=1S/C38H50N2O6/c1-43-31-19-15-29(16-20-31)39-35-13-9-5-3-7-11-26-46-28-24-34-36(40(38(34)42)30-17-21-32(44-2)22-18-30)14-10-6-4-8-12-25-45-27-23-33(35)37(39)41/h15-24,35-36H,3-14,25-28H2,1-2H3/b33-23-,34-24-/t35-,36+. The van der Waals surface area contributed by atoms with E-state index in [0.717, 1.165) is 111 Å². The molecule has 8 nitrogen and oxygen atoms in total. The van der Waals surface area contributed by atoms with E-state index in [-0.39, 0.29) is 23.9 Å². The predicted molar refractivity (Wildman–Crippen MR) is 182 cm³/mol. The summed E-state index contributed by atoms with van der Waals surface area (Å²) < 4.78 is 22.5. The lowest BCUT2D eigenvalue weighted by Gasteiger charge is -2.43. The first kappa shape index (κ1) is 33.7. The van der Waals surface area contributed by atoms with E-state index >= 15 is 0 Å². The SMILES string of the molecule is COc1ccc(N2C(=O)/C3=C\COCCCCCCC[C@H]4/C(=C/COCCCCCCC[C@H]32)C(=O)N4c2ccc(OC)cc2)cc1. The average Bonchev–Trinajstić information content (AvgIpc) is 3.08. The van der Waals surface area contributed by atoms with Gasteiger partial charge in [-0.05, 0) is 86.4 Å². The molecular formula is C38H50N2O6. The summed E-state index contributed by atoms with van der Waals surface area (Å²) in [6, 6.07) is 15.7. The van der Waals surface area contributed by atoms with Crippen LogP contribution in [0, 0.1) is 0 Å². The zero-order valence-corrected chi connectivity index (χ0v) is 27.6. The molecule has 3 aliphatic heterocycles. The highest BCUT2D eigenvalue weighted by atomic mass is 16.5. The Bertz CT molecular complexity index is 1230. The molecular weight excluding hydrogens is 580 g/mol. The van der Waals surface area contributed by atoms with Gasteiger partial charge in [-0.25, -0.2) is 0 Å². The van der Waals surface area contributed by atoms with Crippen LogP contribution in [0.2, 0.25) is 0 Å². The number of carbonyl (C=O) groups excluding carboxylic acids is 2. The van der Waals surface area contributed by atoms with Crippen molar-refractivity contribution >= 4 is 23.2 Å². The minimum atomic E-state index is 0.0771. The molecule has 3 heterocycles. The van der Waals surface area contributed by atoms with Gasteiger partial charge < -0.3 is 28.7 Å². The smallest absolute Gasteiger partial charge is 0.256 e. The van der Waals surface area contributed by atoms with E-state index in [0.29, 0.717) is 26.4 Å². The number of hydrogen-bond acceptors (Lipinski definition) is 6. The molecule has 0 aromatic heterocycles. The second-order valence-corrected chi connectivity index (χ2v) is 12.4. The normalized spacial score (nSPS) is 25.3. The topological polar surface area (TPSA) is 77.5 Å². The third kappa shape index (κ3) is 8.39. The van der Waals surface area contributed by atoms with Crippen molar-refractivity contribution in [2.75, 3.05) is 50.4 Å². The molecule has 2 atom stereocenters. The fourth-order valence-electron chi connectivity index (χ4n) is 6.70. The fraction of sp³-hybridized carbons (Fsp3) is 0.526. The van der Waals surface area contributed by atoms with Crippen LogP contribution < -0.4 is 19.3 Å². The lowest BCUT2D eigenvalue weighted by molar-refractivity contribution is -0.119. The van der Waals surface area contributed by atoms with E-state index < -0.39 is 0 Å². The van der Waals surface area contributed by atoms with Gasteiger partial charge in [-0.15, -0.1) is 0 Å². The Labute approximate surface area is 274 Å². The molecule has 0 unspecified atom stereocenters. The van der Waals surface area contributed by atoms with Gasteiger partial charge in [-0.2, -0.15) is 0 Å². The first-order valence-electron chi connectivity index (χ1n) is 17.1. The van der Waals surface area contributed by atoms with Gasteiger partial charge in [-0.1, -0.05) is 51.4 Å². The Kier molecular flexibility index (Phi) is 12.7. The summed E-state index contributed by atoms with van der Waals surface area (Å²) in [5.41, 5.74) is 3.59. The van der Waals surface area contributed by atoms with Crippen LogP contribution in [0.4, 0.5) is 11.4 Å². The predicted octanol–water partition coefficient (Wildman–Crippen LogP) is 7.42. The molecule has 8 heteroatoms. The molecule has 0 aliphatic carbocycles. The second kappa shape index (κ2) is 17.3. The summed E-state index contributed by atoms with van der Waals surface area (Å²) in [4.78, 5) is 30.2. The van der Waals surface area contributed by atoms with Crippen LogP contribution in [-0.4, -0.2) is 64.5 Å². The number of rotatable bonds is 4. The summed E-state index contributed by atoms with van der Waals surface area (Å²) >= 11 is 0. The van der Waals surface area contributed by atoms with Crippen molar-refractivity contribution in [2.24, 2.45) is 0 Å². The van der Waals surface area contributed by atoms with Crippen molar-refractivity contribution in [1.29, 1.82) is 0 Å². The van der Waals surface area contributed by atoms with Crippen LogP contribution >= 0.6 is 0 Å². The molecule has 2 aromatic carbocycles. The maximum Gasteiger partial charge on any atom is 0.256 e. The lowest BCUT2D eigenvalue weighted by Crippen LogP contribution is -2.55. The number of amides is 2. The first-order valence-corrected chi connectivity index (χ1v) is 17.1. The Hall–Kier alpha value is -3.62. The van der Waals surface area contributed by atoms with Gasteiger partial charge in [0.1, 0.15) is 11.5 Å². The van der Waals surface area contributed by atoms with Gasteiger partial charge in [0.2, 0.25) is 0 Å². The Morgan fingerprint density at radius 2 is 0.913 bits per heavy atom. The third-order valence-electron chi connectivity index (χ3n) is 9.35. The van der Waals surface area contributed by atoms with Gasteiger partial charge in [-0.3, -0.25) is 9.59 Å². The van der Waals surface area contributed by atoms with Crippen LogP contribution in [0.15, 0.2) is 71.8 Å². The van der Waals surface area contributed by atoms with Crippen LogP contribution in [0.1, 0.15) is 77.0 Å². The van der Waals surface area contributed by atoms with Crippen molar-refractivity contribution in [3.63, 3.8) is 0 Å². The van der Waals surface area contributed by atoms with E-state index in [1.807, 2.05) is 70.5 Å². The number of benzene rings is 2. The number of nitrogens with zero attached hydrogens (tertiary/aromatic N) is 2. The Morgan fingerprint density at radius 1 is 0.543 bits per heavy atom. The maximum atomic E-state index is 13.2. The maximum absolute atomic E-state index is 13.2. The highest BCUT2D eigenvalue weighted by molar-refractivity contribution is 6.15. The summed E-state index contributed by atoms with van der Waals surface area (Å²) in [6.07, 6.45) is 16.7. The zero-order valence-electron chi connectivity index (χ0n) is 27.6. The van der Waals surface area contributed by atoms with Crippen LogP contribution in [0.25, 0.3) is 0 Å². The van der Waals surface area contributed by atoms with E-state index in [1.54, 1.807) is 14.2 Å². The van der Waals surface area contributed by atoms with Crippen LogP contribution in [0.5, 0.6) is 11.5 Å². The minimum absolute atomic E-state index is 0.0771.